The van der Waals surface area contributed by atoms with E-state index >= 15 is 0 Å². The summed E-state index contributed by atoms with van der Waals surface area (Å²) in [6.07, 6.45) is -1.20. The third-order valence-electron chi connectivity index (χ3n) is 4.80. The summed E-state index contributed by atoms with van der Waals surface area (Å²) in [5.74, 6) is -0.758. The highest BCUT2D eigenvalue weighted by atomic mass is 32.2. The molecule has 0 bridgehead atoms. The van der Waals surface area contributed by atoms with Crippen molar-refractivity contribution in [2.24, 2.45) is 0 Å². The van der Waals surface area contributed by atoms with Gasteiger partial charge in [0.25, 0.3) is 20.2 Å². The van der Waals surface area contributed by atoms with Gasteiger partial charge in [0, 0.05) is 18.5 Å². The van der Waals surface area contributed by atoms with E-state index in [9.17, 15) is 26.4 Å². The van der Waals surface area contributed by atoms with Gasteiger partial charge in [-0.2, -0.15) is 16.8 Å². The van der Waals surface area contributed by atoms with Crippen LogP contribution in [0.1, 0.15) is 39.7 Å². The van der Waals surface area contributed by atoms with Crippen LogP contribution < -0.4 is 0 Å². The van der Waals surface area contributed by atoms with Crippen molar-refractivity contribution in [2.45, 2.75) is 64.5 Å². The first-order chi connectivity index (χ1) is 16.5. The molecule has 1 aliphatic carbocycles. The van der Waals surface area contributed by atoms with Crippen LogP contribution in [0, 0.1) is 0 Å². The van der Waals surface area contributed by atoms with Crippen LogP contribution in [0.15, 0.2) is 42.0 Å². The van der Waals surface area contributed by atoms with Crippen molar-refractivity contribution in [3.05, 3.63) is 47.5 Å². The zero-order valence-corrected chi connectivity index (χ0v) is 22.8. The highest BCUT2D eigenvalue weighted by Crippen LogP contribution is 2.32. The van der Waals surface area contributed by atoms with E-state index in [0.717, 1.165) is 12.5 Å². The van der Waals surface area contributed by atoms with Crippen LogP contribution in [0.4, 0.5) is 4.79 Å². The van der Waals surface area contributed by atoms with Crippen LogP contribution in [-0.4, -0.2) is 76.8 Å². The second-order valence-electron chi connectivity index (χ2n) is 9.30. The maximum absolute atomic E-state index is 13.4. The van der Waals surface area contributed by atoms with Gasteiger partial charge >= 0.3 is 12.1 Å². The van der Waals surface area contributed by atoms with Gasteiger partial charge in [-0.15, -0.1) is 0 Å². The molecule has 0 fully saturated rings. The number of hydrogen-bond acceptors (Lipinski definition) is 10. The molecule has 3 unspecified atom stereocenters. The summed E-state index contributed by atoms with van der Waals surface area (Å²) in [5, 5.41) is 0. The zero-order valence-electron chi connectivity index (χ0n) is 21.2. The average Bonchev–Trinajstić information content (AvgIpc) is 2.71. The minimum atomic E-state index is -4.16. The van der Waals surface area contributed by atoms with Gasteiger partial charge in [0.2, 0.25) is 0 Å². The summed E-state index contributed by atoms with van der Waals surface area (Å²) < 4.78 is 69.5. The Morgan fingerprint density at radius 3 is 2.08 bits per heavy atom. The maximum atomic E-state index is 13.4. The molecule has 1 amide bonds. The lowest BCUT2D eigenvalue weighted by molar-refractivity contribution is -0.139. The van der Waals surface area contributed by atoms with Gasteiger partial charge in [0.05, 0.1) is 25.2 Å². The number of amides is 1. The van der Waals surface area contributed by atoms with E-state index < -0.39 is 56.1 Å². The van der Waals surface area contributed by atoms with Gasteiger partial charge in [-0.1, -0.05) is 30.3 Å². The topological polar surface area (TPSA) is 143 Å². The molecule has 3 atom stereocenters. The summed E-state index contributed by atoms with van der Waals surface area (Å²) in [5.41, 5.74) is -0.242. The molecule has 11 nitrogen and oxygen atoms in total. The Kier molecular flexibility index (Phi) is 9.68. The lowest BCUT2D eigenvalue weighted by atomic mass is 9.89. The first-order valence-corrected chi connectivity index (χ1v) is 14.8. The van der Waals surface area contributed by atoms with Crippen LogP contribution in [0.25, 0.3) is 0 Å². The van der Waals surface area contributed by atoms with Gasteiger partial charge in [0.15, 0.2) is 0 Å². The molecule has 202 valence electrons. The SMILES string of the molecule is CCOC(=O)C1=CC(N(Cc2ccccc2)C(=O)OC(C)(C)C)C(OS(C)(=O)=O)C(OS(C)(=O)=O)C1. The fraction of sp³-hybridized carbons (Fsp3) is 0.565. The van der Waals surface area contributed by atoms with Gasteiger partial charge in [-0.3, -0.25) is 13.3 Å². The molecule has 0 saturated carbocycles. The van der Waals surface area contributed by atoms with Crippen LogP contribution in [0.2, 0.25) is 0 Å². The molecule has 0 radical (unpaired) electrons. The fourth-order valence-corrected chi connectivity index (χ4v) is 4.86. The molecule has 1 aromatic rings. The fourth-order valence-electron chi connectivity index (χ4n) is 3.59. The number of rotatable bonds is 9. The summed E-state index contributed by atoms with van der Waals surface area (Å²) in [6.45, 7) is 6.55. The molecule has 1 aromatic carbocycles. The molecule has 0 heterocycles. The highest BCUT2D eigenvalue weighted by Gasteiger charge is 2.45. The van der Waals surface area contributed by atoms with E-state index in [1.807, 2.05) is 0 Å². The smallest absolute Gasteiger partial charge is 0.411 e. The lowest BCUT2D eigenvalue weighted by Crippen LogP contribution is -2.55. The average molecular weight is 548 g/mol. The Bertz CT molecular complexity index is 1170. The van der Waals surface area contributed by atoms with Gasteiger partial charge in [0.1, 0.15) is 17.8 Å². The van der Waals surface area contributed by atoms with Gasteiger partial charge in [-0.25, -0.2) is 9.59 Å². The molecule has 1 aliphatic rings. The van der Waals surface area contributed by atoms with E-state index in [1.54, 1.807) is 58.0 Å². The first kappa shape index (κ1) is 29.7. The maximum Gasteiger partial charge on any atom is 0.411 e. The number of carbonyl (C=O) groups is 2. The van der Waals surface area contributed by atoms with Crippen molar-refractivity contribution in [3.8, 4) is 0 Å². The summed E-state index contributed by atoms with van der Waals surface area (Å²) >= 11 is 0. The Hall–Kier alpha value is -2.48. The van der Waals surface area contributed by atoms with Crippen LogP contribution in [-0.2, 0) is 49.4 Å². The lowest BCUT2D eigenvalue weighted by Gasteiger charge is -2.41. The van der Waals surface area contributed by atoms with Crippen molar-refractivity contribution < 1.29 is 44.3 Å². The molecular weight excluding hydrogens is 514 g/mol. The normalized spacial score (nSPS) is 20.8. The molecule has 0 saturated heterocycles. The monoisotopic (exact) mass is 547 g/mol. The molecule has 0 aliphatic heterocycles. The van der Waals surface area contributed by atoms with Crippen molar-refractivity contribution in [2.75, 3.05) is 19.1 Å². The van der Waals surface area contributed by atoms with Crippen molar-refractivity contribution in [1.29, 1.82) is 0 Å². The second kappa shape index (κ2) is 11.7. The minimum absolute atomic E-state index is 0.00507. The molecule has 0 aromatic heterocycles. The van der Waals surface area contributed by atoms with E-state index in [-0.39, 0.29) is 25.1 Å². The molecule has 0 spiro atoms. The summed E-state index contributed by atoms with van der Waals surface area (Å²) in [7, 11) is -8.28. The predicted molar refractivity (Wildman–Crippen MR) is 131 cm³/mol. The van der Waals surface area contributed by atoms with Crippen LogP contribution in [0.3, 0.4) is 0 Å². The number of carbonyl (C=O) groups excluding carboxylic acids is 2. The number of hydrogen-bond donors (Lipinski definition) is 0. The van der Waals surface area contributed by atoms with E-state index in [2.05, 4.69) is 0 Å². The molecule has 36 heavy (non-hydrogen) atoms. The number of ether oxygens (including phenoxy) is 2. The molecule has 2 rings (SSSR count). The third-order valence-corrected chi connectivity index (χ3v) is 5.97. The summed E-state index contributed by atoms with van der Waals surface area (Å²) in [4.78, 5) is 27.2. The number of nitrogens with zero attached hydrogens (tertiary/aromatic N) is 1. The van der Waals surface area contributed by atoms with Crippen LogP contribution in [0.5, 0.6) is 0 Å². The van der Waals surface area contributed by atoms with Gasteiger partial charge in [-0.05, 0) is 39.3 Å². The Morgan fingerprint density at radius 1 is 1.00 bits per heavy atom. The Balaban J connectivity index is 2.70. The largest absolute Gasteiger partial charge is 0.463 e. The van der Waals surface area contributed by atoms with Crippen LogP contribution >= 0.6 is 0 Å². The molecule has 0 N–H and O–H groups in total. The first-order valence-electron chi connectivity index (χ1n) is 11.2. The van der Waals surface area contributed by atoms with E-state index in [1.165, 1.54) is 11.0 Å². The van der Waals surface area contributed by atoms with Crippen molar-refractivity contribution >= 4 is 32.3 Å². The Labute approximate surface area is 212 Å². The zero-order chi connectivity index (χ0) is 27.3. The van der Waals surface area contributed by atoms with Crippen molar-refractivity contribution in [1.82, 2.24) is 4.90 Å². The second-order valence-corrected chi connectivity index (χ2v) is 12.5. The highest BCUT2D eigenvalue weighted by molar-refractivity contribution is 7.86. The van der Waals surface area contributed by atoms with E-state index in [4.69, 9.17) is 17.8 Å². The number of esters is 1. The number of benzene rings is 1. The Morgan fingerprint density at radius 2 is 1.58 bits per heavy atom. The minimum Gasteiger partial charge on any atom is -0.463 e. The summed E-state index contributed by atoms with van der Waals surface area (Å²) in [6, 6.07) is 7.51. The standard InChI is InChI=1S/C23H33NO10S2/c1-7-31-21(25)17-13-18(20(34-36(6,29)30)19(14-17)33-35(5,27)28)24(22(26)32-23(2,3)4)15-16-11-9-8-10-12-16/h8-13,18-20H,7,14-15H2,1-6H3. The molecular formula is C23H33NO10S2. The van der Waals surface area contributed by atoms with Gasteiger partial charge < -0.3 is 9.47 Å². The third kappa shape index (κ3) is 9.52. The van der Waals surface area contributed by atoms with Crippen molar-refractivity contribution in [3.63, 3.8) is 0 Å². The predicted octanol–water partition coefficient (Wildman–Crippen LogP) is 2.38. The van der Waals surface area contributed by atoms with E-state index in [0.29, 0.717) is 5.56 Å². The quantitative estimate of drug-likeness (QED) is 0.334. The molecule has 13 heteroatoms.